The van der Waals surface area contributed by atoms with E-state index in [0.29, 0.717) is 0 Å². The Morgan fingerprint density at radius 3 is 2.29 bits per heavy atom. The molecule has 0 aliphatic heterocycles. The van der Waals surface area contributed by atoms with Crippen LogP contribution in [-0.4, -0.2) is 17.6 Å². The van der Waals surface area contributed by atoms with Crippen LogP contribution in [0, 0.1) is 0 Å². The lowest BCUT2D eigenvalue weighted by molar-refractivity contribution is -0.120. The molecular formula is C17H20N2O2. The molecular weight excluding hydrogens is 264 g/mol. The van der Waals surface area contributed by atoms with Crippen LogP contribution in [-0.2, 0) is 4.79 Å². The highest BCUT2D eigenvalue weighted by atomic mass is 16.3. The summed E-state index contributed by atoms with van der Waals surface area (Å²) in [5.41, 5.74) is 7.48. The number of aromatic hydroxyl groups is 1. The van der Waals surface area contributed by atoms with Crippen molar-refractivity contribution < 1.29 is 9.90 Å². The number of rotatable bonds is 5. The standard InChI is InChI=1S/C17H20N2O2/c1-12(13-5-3-2-4-6-13)17(19-16(21)11-18)14-7-9-15(20)10-8-14/h2-10,12,17,20H,11,18H2,1H3,(H,19,21). The summed E-state index contributed by atoms with van der Waals surface area (Å²) in [5, 5.41) is 12.4. The lowest BCUT2D eigenvalue weighted by atomic mass is 9.88. The van der Waals surface area contributed by atoms with Gasteiger partial charge >= 0.3 is 0 Å². The molecule has 110 valence electrons. The molecule has 2 aromatic carbocycles. The first kappa shape index (κ1) is 15.1. The van der Waals surface area contributed by atoms with E-state index in [9.17, 15) is 9.90 Å². The van der Waals surface area contributed by atoms with Crippen molar-refractivity contribution in [3.05, 3.63) is 65.7 Å². The predicted octanol–water partition coefficient (Wildman–Crippen LogP) is 2.31. The van der Waals surface area contributed by atoms with E-state index < -0.39 is 0 Å². The first-order valence-corrected chi connectivity index (χ1v) is 6.95. The summed E-state index contributed by atoms with van der Waals surface area (Å²) in [6.07, 6.45) is 0. The molecule has 0 saturated carbocycles. The highest BCUT2D eigenvalue weighted by Crippen LogP contribution is 2.31. The van der Waals surface area contributed by atoms with E-state index in [1.807, 2.05) is 42.5 Å². The second kappa shape index (κ2) is 6.90. The van der Waals surface area contributed by atoms with Gasteiger partial charge in [0, 0.05) is 5.92 Å². The van der Waals surface area contributed by atoms with Crippen LogP contribution in [0.4, 0.5) is 0 Å². The SMILES string of the molecule is CC(c1ccccc1)C(NC(=O)CN)c1ccc(O)cc1. The zero-order valence-electron chi connectivity index (χ0n) is 12.0. The first-order chi connectivity index (χ1) is 10.1. The van der Waals surface area contributed by atoms with Gasteiger partial charge < -0.3 is 16.2 Å². The summed E-state index contributed by atoms with van der Waals surface area (Å²) < 4.78 is 0. The Bertz CT molecular complexity index is 581. The van der Waals surface area contributed by atoms with Crippen LogP contribution in [0.25, 0.3) is 0 Å². The average molecular weight is 284 g/mol. The van der Waals surface area contributed by atoms with Crippen LogP contribution in [0.1, 0.15) is 30.0 Å². The molecule has 0 aromatic heterocycles. The minimum absolute atomic E-state index is 0.0455. The highest BCUT2D eigenvalue weighted by molar-refractivity contribution is 5.78. The molecule has 0 spiro atoms. The molecule has 1 amide bonds. The van der Waals surface area contributed by atoms with Crippen molar-refractivity contribution in [2.24, 2.45) is 5.73 Å². The van der Waals surface area contributed by atoms with E-state index in [1.54, 1.807) is 12.1 Å². The largest absolute Gasteiger partial charge is 0.508 e. The van der Waals surface area contributed by atoms with Gasteiger partial charge in [0.2, 0.25) is 5.91 Å². The van der Waals surface area contributed by atoms with Crippen LogP contribution >= 0.6 is 0 Å². The average Bonchev–Trinajstić information content (AvgIpc) is 2.53. The zero-order chi connectivity index (χ0) is 15.2. The number of hydrogen-bond donors (Lipinski definition) is 3. The Kier molecular flexibility index (Phi) is 4.95. The topological polar surface area (TPSA) is 75.4 Å². The van der Waals surface area contributed by atoms with Crippen LogP contribution in [0.15, 0.2) is 54.6 Å². The van der Waals surface area contributed by atoms with Gasteiger partial charge in [0.1, 0.15) is 5.75 Å². The second-order valence-electron chi connectivity index (χ2n) is 5.04. The van der Waals surface area contributed by atoms with Gasteiger partial charge in [0.25, 0.3) is 0 Å². The van der Waals surface area contributed by atoms with Gasteiger partial charge in [0.15, 0.2) is 0 Å². The van der Waals surface area contributed by atoms with Gasteiger partial charge in [-0.3, -0.25) is 4.79 Å². The van der Waals surface area contributed by atoms with Crippen molar-refractivity contribution in [2.75, 3.05) is 6.54 Å². The Balaban J connectivity index is 2.31. The molecule has 4 nitrogen and oxygen atoms in total. The zero-order valence-corrected chi connectivity index (χ0v) is 12.0. The summed E-state index contributed by atoms with van der Waals surface area (Å²) in [4.78, 5) is 11.7. The molecule has 2 aromatic rings. The van der Waals surface area contributed by atoms with Gasteiger partial charge in [-0.2, -0.15) is 0 Å². The van der Waals surface area contributed by atoms with Crippen molar-refractivity contribution in [3.63, 3.8) is 0 Å². The van der Waals surface area contributed by atoms with Crippen molar-refractivity contribution in [2.45, 2.75) is 18.9 Å². The van der Waals surface area contributed by atoms with E-state index in [2.05, 4.69) is 12.2 Å². The van der Waals surface area contributed by atoms with Crippen molar-refractivity contribution in [1.29, 1.82) is 0 Å². The van der Waals surface area contributed by atoms with Crippen LogP contribution in [0.3, 0.4) is 0 Å². The molecule has 2 atom stereocenters. The molecule has 0 radical (unpaired) electrons. The van der Waals surface area contributed by atoms with E-state index in [1.165, 1.54) is 0 Å². The van der Waals surface area contributed by atoms with E-state index in [-0.39, 0.29) is 30.2 Å². The molecule has 0 bridgehead atoms. The van der Waals surface area contributed by atoms with E-state index in [4.69, 9.17) is 5.73 Å². The van der Waals surface area contributed by atoms with Gasteiger partial charge in [-0.05, 0) is 23.3 Å². The predicted molar refractivity (Wildman–Crippen MR) is 82.9 cm³/mol. The summed E-state index contributed by atoms with van der Waals surface area (Å²) in [7, 11) is 0. The maximum Gasteiger partial charge on any atom is 0.234 e. The molecule has 21 heavy (non-hydrogen) atoms. The fourth-order valence-corrected chi connectivity index (χ4v) is 2.36. The van der Waals surface area contributed by atoms with Crippen molar-refractivity contribution in [3.8, 4) is 5.75 Å². The molecule has 0 fully saturated rings. The summed E-state index contributed by atoms with van der Waals surface area (Å²) in [6, 6.07) is 16.7. The molecule has 4 N–H and O–H groups in total. The fourth-order valence-electron chi connectivity index (χ4n) is 2.36. The summed E-state index contributed by atoms with van der Waals surface area (Å²) in [5.74, 6) is 0.0946. The normalized spacial score (nSPS) is 13.4. The third kappa shape index (κ3) is 3.83. The molecule has 0 heterocycles. The smallest absolute Gasteiger partial charge is 0.234 e. The monoisotopic (exact) mass is 284 g/mol. The number of phenols is 1. The molecule has 0 aliphatic rings. The van der Waals surface area contributed by atoms with Gasteiger partial charge in [0.05, 0.1) is 12.6 Å². The third-order valence-electron chi connectivity index (χ3n) is 3.58. The minimum Gasteiger partial charge on any atom is -0.508 e. The second-order valence-corrected chi connectivity index (χ2v) is 5.04. The number of nitrogens with one attached hydrogen (secondary N) is 1. The maximum absolute atomic E-state index is 11.7. The summed E-state index contributed by atoms with van der Waals surface area (Å²) >= 11 is 0. The Morgan fingerprint density at radius 1 is 1.10 bits per heavy atom. The fraction of sp³-hybridized carbons (Fsp3) is 0.235. The molecule has 4 heteroatoms. The van der Waals surface area contributed by atoms with Crippen LogP contribution in [0.2, 0.25) is 0 Å². The number of amides is 1. The quantitative estimate of drug-likeness (QED) is 0.788. The van der Waals surface area contributed by atoms with Gasteiger partial charge in [-0.15, -0.1) is 0 Å². The van der Waals surface area contributed by atoms with Crippen LogP contribution < -0.4 is 11.1 Å². The number of hydrogen-bond acceptors (Lipinski definition) is 3. The third-order valence-corrected chi connectivity index (χ3v) is 3.58. The number of phenolic OH excluding ortho intramolecular Hbond substituents is 1. The molecule has 0 aliphatic carbocycles. The Hall–Kier alpha value is -2.33. The lowest BCUT2D eigenvalue weighted by Crippen LogP contribution is -2.36. The van der Waals surface area contributed by atoms with Gasteiger partial charge in [-0.1, -0.05) is 49.4 Å². The van der Waals surface area contributed by atoms with Gasteiger partial charge in [-0.25, -0.2) is 0 Å². The molecule has 2 unspecified atom stereocenters. The Labute approximate surface area is 124 Å². The molecule has 2 rings (SSSR count). The minimum atomic E-state index is -0.198. The number of nitrogens with two attached hydrogens (primary N) is 1. The summed E-state index contributed by atoms with van der Waals surface area (Å²) in [6.45, 7) is 2.01. The van der Waals surface area contributed by atoms with Crippen molar-refractivity contribution >= 4 is 5.91 Å². The van der Waals surface area contributed by atoms with Crippen molar-refractivity contribution in [1.82, 2.24) is 5.32 Å². The molecule has 0 saturated heterocycles. The number of benzene rings is 2. The Morgan fingerprint density at radius 2 is 1.71 bits per heavy atom. The first-order valence-electron chi connectivity index (χ1n) is 6.95. The highest BCUT2D eigenvalue weighted by Gasteiger charge is 2.22. The number of carbonyl (C=O) groups excluding carboxylic acids is 1. The number of carbonyl (C=O) groups is 1. The lowest BCUT2D eigenvalue weighted by Gasteiger charge is -2.26. The van der Waals surface area contributed by atoms with E-state index in [0.717, 1.165) is 11.1 Å². The van der Waals surface area contributed by atoms with Crippen LogP contribution in [0.5, 0.6) is 5.75 Å². The maximum atomic E-state index is 11.7. The van der Waals surface area contributed by atoms with E-state index >= 15 is 0 Å².